The number of benzene rings is 2. The van der Waals surface area contributed by atoms with Crippen LogP contribution in [-0.4, -0.2) is 65.0 Å². The monoisotopic (exact) mass is 525 g/mol. The fraction of sp³-hybridized carbons (Fsp3) is 0.423. The SMILES string of the molecule is Cc1cc(Nc2ccc(F)cc2)c(C=N)cc1[C@@H]1CN(S(=O)(=O)c2cnn(C)n2)CCN1CC1CCC1. The number of aryl methyl sites for hydroxylation is 2. The molecule has 1 atom stereocenters. The molecule has 2 aromatic carbocycles. The van der Waals surface area contributed by atoms with Crippen molar-refractivity contribution >= 4 is 27.6 Å². The fourth-order valence-electron chi connectivity index (χ4n) is 5.13. The van der Waals surface area contributed by atoms with Crippen LogP contribution >= 0.6 is 0 Å². The summed E-state index contributed by atoms with van der Waals surface area (Å²) in [6.45, 7) is 4.25. The van der Waals surface area contributed by atoms with Crippen LogP contribution in [0.2, 0.25) is 0 Å². The van der Waals surface area contributed by atoms with Crippen LogP contribution in [0.1, 0.15) is 42.0 Å². The quantitative estimate of drug-likeness (QED) is 0.433. The normalized spacial score (nSPS) is 19.5. The number of nitrogens with one attached hydrogen (secondary N) is 2. The molecular weight excluding hydrogens is 493 g/mol. The Balaban J connectivity index is 1.47. The van der Waals surface area contributed by atoms with E-state index in [1.165, 1.54) is 52.9 Å². The van der Waals surface area contributed by atoms with Crippen molar-refractivity contribution < 1.29 is 12.8 Å². The van der Waals surface area contributed by atoms with E-state index in [1.807, 2.05) is 19.1 Å². The van der Waals surface area contributed by atoms with Gasteiger partial charge in [-0.3, -0.25) is 4.90 Å². The van der Waals surface area contributed by atoms with E-state index >= 15 is 0 Å². The largest absolute Gasteiger partial charge is 0.355 e. The number of piperazine rings is 1. The van der Waals surface area contributed by atoms with E-state index in [9.17, 15) is 12.8 Å². The van der Waals surface area contributed by atoms with E-state index in [1.54, 1.807) is 19.2 Å². The van der Waals surface area contributed by atoms with Crippen LogP contribution in [0.15, 0.2) is 47.6 Å². The fourth-order valence-corrected chi connectivity index (χ4v) is 6.46. The van der Waals surface area contributed by atoms with Gasteiger partial charge in [0.2, 0.25) is 5.03 Å². The van der Waals surface area contributed by atoms with Gasteiger partial charge in [-0.25, -0.2) is 12.8 Å². The van der Waals surface area contributed by atoms with Gasteiger partial charge in [-0.05, 0) is 73.2 Å². The molecule has 2 heterocycles. The van der Waals surface area contributed by atoms with Gasteiger partial charge in [-0.15, -0.1) is 5.10 Å². The predicted molar refractivity (Wildman–Crippen MR) is 140 cm³/mol. The molecule has 0 bridgehead atoms. The van der Waals surface area contributed by atoms with Crippen molar-refractivity contribution in [3.63, 3.8) is 0 Å². The summed E-state index contributed by atoms with van der Waals surface area (Å²) in [4.78, 5) is 3.65. The van der Waals surface area contributed by atoms with E-state index < -0.39 is 10.0 Å². The summed E-state index contributed by atoms with van der Waals surface area (Å²) in [5.41, 5.74) is 4.15. The average Bonchev–Trinajstić information content (AvgIpc) is 3.30. The number of hydrogen-bond donors (Lipinski definition) is 2. The van der Waals surface area contributed by atoms with Crippen LogP contribution in [-0.2, 0) is 17.1 Å². The Hall–Kier alpha value is -3.15. The first-order valence-corrected chi connectivity index (χ1v) is 14.0. The molecule has 0 amide bonds. The molecule has 1 saturated carbocycles. The molecule has 1 aliphatic carbocycles. The van der Waals surface area contributed by atoms with Gasteiger partial charge in [-0.2, -0.15) is 14.2 Å². The van der Waals surface area contributed by atoms with Crippen molar-refractivity contribution in [2.45, 2.75) is 37.3 Å². The van der Waals surface area contributed by atoms with Crippen molar-refractivity contribution in [2.75, 3.05) is 31.5 Å². The summed E-state index contributed by atoms with van der Waals surface area (Å²) in [5, 5.41) is 19.3. The lowest BCUT2D eigenvalue weighted by Gasteiger charge is -2.44. The molecule has 9 nitrogen and oxygen atoms in total. The second-order valence-electron chi connectivity index (χ2n) is 9.92. The number of rotatable bonds is 8. The van der Waals surface area contributed by atoms with Crippen LogP contribution in [0.25, 0.3) is 0 Å². The van der Waals surface area contributed by atoms with Gasteiger partial charge >= 0.3 is 0 Å². The van der Waals surface area contributed by atoms with Gasteiger partial charge in [0.05, 0.1) is 6.20 Å². The molecule has 11 heteroatoms. The van der Waals surface area contributed by atoms with Crippen LogP contribution in [0, 0.1) is 24.1 Å². The van der Waals surface area contributed by atoms with Gasteiger partial charge in [-0.1, -0.05) is 6.42 Å². The third-order valence-electron chi connectivity index (χ3n) is 7.43. The van der Waals surface area contributed by atoms with Crippen molar-refractivity contribution in [1.82, 2.24) is 24.2 Å². The molecule has 1 saturated heterocycles. The maximum absolute atomic E-state index is 13.4. The van der Waals surface area contributed by atoms with Crippen molar-refractivity contribution in [3.8, 4) is 0 Å². The average molecular weight is 526 g/mol. The third-order valence-corrected chi connectivity index (χ3v) is 9.16. The summed E-state index contributed by atoms with van der Waals surface area (Å²) in [6.07, 6.45) is 6.24. The number of anilines is 2. The first-order valence-electron chi connectivity index (χ1n) is 12.5. The molecular formula is C26H32FN7O2S. The summed E-state index contributed by atoms with van der Waals surface area (Å²) in [6, 6.07) is 9.90. The van der Waals surface area contributed by atoms with Crippen LogP contribution in [0.3, 0.4) is 0 Å². The lowest BCUT2D eigenvalue weighted by atomic mass is 9.84. The highest BCUT2D eigenvalue weighted by molar-refractivity contribution is 7.89. The number of aromatic nitrogens is 3. The van der Waals surface area contributed by atoms with Gasteiger partial charge in [0.15, 0.2) is 0 Å². The Morgan fingerprint density at radius 2 is 1.95 bits per heavy atom. The van der Waals surface area contributed by atoms with Gasteiger partial charge in [0, 0.05) is 62.4 Å². The summed E-state index contributed by atoms with van der Waals surface area (Å²) in [5.74, 6) is 0.321. The predicted octanol–water partition coefficient (Wildman–Crippen LogP) is 3.85. The molecule has 2 fully saturated rings. The van der Waals surface area contributed by atoms with Crippen molar-refractivity contribution in [3.05, 3.63) is 65.1 Å². The summed E-state index contributed by atoms with van der Waals surface area (Å²) < 4.78 is 41.6. The van der Waals surface area contributed by atoms with E-state index in [0.717, 1.165) is 29.0 Å². The zero-order valence-electron chi connectivity index (χ0n) is 21.1. The molecule has 196 valence electrons. The first-order chi connectivity index (χ1) is 17.7. The van der Waals surface area contributed by atoms with Crippen LogP contribution in [0.4, 0.5) is 15.8 Å². The smallest absolute Gasteiger partial charge is 0.264 e. The molecule has 3 aromatic rings. The Labute approximate surface area is 216 Å². The lowest BCUT2D eigenvalue weighted by Crippen LogP contribution is -2.52. The maximum atomic E-state index is 13.4. The van der Waals surface area contributed by atoms with E-state index in [0.29, 0.717) is 31.1 Å². The zero-order valence-corrected chi connectivity index (χ0v) is 21.9. The molecule has 0 unspecified atom stereocenters. The van der Waals surface area contributed by atoms with E-state index in [4.69, 9.17) is 5.41 Å². The van der Waals surface area contributed by atoms with Crippen LogP contribution in [0.5, 0.6) is 0 Å². The Morgan fingerprint density at radius 3 is 2.57 bits per heavy atom. The second kappa shape index (κ2) is 10.3. The van der Waals surface area contributed by atoms with Crippen LogP contribution < -0.4 is 5.32 Å². The number of halogens is 1. The zero-order chi connectivity index (χ0) is 26.2. The molecule has 1 aliphatic heterocycles. The van der Waals surface area contributed by atoms with Crippen molar-refractivity contribution in [2.24, 2.45) is 13.0 Å². The highest BCUT2D eigenvalue weighted by Gasteiger charge is 2.38. The minimum atomic E-state index is -3.78. The number of sulfonamides is 1. The Morgan fingerprint density at radius 1 is 1.19 bits per heavy atom. The van der Waals surface area contributed by atoms with Gasteiger partial charge in [0.1, 0.15) is 5.82 Å². The maximum Gasteiger partial charge on any atom is 0.264 e. The molecule has 0 radical (unpaired) electrons. The van der Waals surface area contributed by atoms with Crippen molar-refractivity contribution in [1.29, 1.82) is 5.41 Å². The number of hydrogen-bond acceptors (Lipinski definition) is 7. The summed E-state index contributed by atoms with van der Waals surface area (Å²) >= 11 is 0. The standard InChI is InChI=1S/C26H32FN7O2S/c1-18-12-24(30-22-8-6-21(27)7-9-22)20(14-28)13-23(18)25-17-34(11-10-33(25)16-19-4-3-5-19)37(35,36)26-15-29-32(2)31-26/h6-9,12-15,19,25,28,30H,3-5,10-11,16-17H2,1-2H3/t25-/m0/s1. The van der Waals surface area contributed by atoms with E-state index in [-0.39, 0.29) is 16.9 Å². The topological polar surface area (TPSA) is 107 Å². The first kappa shape index (κ1) is 25.5. The summed E-state index contributed by atoms with van der Waals surface area (Å²) in [7, 11) is -2.18. The molecule has 1 aromatic heterocycles. The minimum absolute atomic E-state index is 0.0445. The van der Waals surface area contributed by atoms with E-state index in [2.05, 4.69) is 20.4 Å². The second-order valence-corrected chi connectivity index (χ2v) is 11.8. The Bertz CT molecular complexity index is 1390. The molecule has 5 rings (SSSR count). The number of nitrogens with zero attached hydrogens (tertiary/aromatic N) is 5. The minimum Gasteiger partial charge on any atom is -0.355 e. The highest BCUT2D eigenvalue weighted by atomic mass is 32.2. The molecule has 2 N–H and O–H groups in total. The molecule has 0 spiro atoms. The third kappa shape index (κ3) is 5.29. The van der Waals surface area contributed by atoms with Gasteiger partial charge in [0.25, 0.3) is 10.0 Å². The lowest BCUT2D eigenvalue weighted by molar-refractivity contribution is 0.0805. The highest BCUT2D eigenvalue weighted by Crippen LogP contribution is 2.36. The Kier molecular flexibility index (Phi) is 7.11. The van der Waals surface area contributed by atoms with Gasteiger partial charge < -0.3 is 10.7 Å². The molecule has 37 heavy (non-hydrogen) atoms. The molecule has 2 aliphatic rings.